The molecule has 0 aromatic heterocycles. The summed E-state index contributed by atoms with van der Waals surface area (Å²) in [5.41, 5.74) is -0.373. The first-order valence-corrected chi connectivity index (χ1v) is 4.33. The summed E-state index contributed by atoms with van der Waals surface area (Å²) >= 11 is 0. The van der Waals surface area contributed by atoms with E-state index < -0.39 is 24.8 Å². The Balaban J connectivity index is 2.78. The molecule has 2 nitrogen and oxygen atoms in total. The highest BCUT2D eigenvalue weighted by Gasteiger charge is 2.33. The number of rotatable bonds is 3. The third-order valence-electron chi connectivity index (χ3n) is 1.59. The molecule has 0 saturated heterocycles. The smallest absolute Gasteiger partial charge is 0.404 e. The minimum absolute atomic E-state index is 0.373. The van der Waals surface area contributed by atoms with Gasteiger partial charge in [-0.1, -0.05) is 12.1 Å². The standard InChI is InChI=1S/C9H7F6NO/c10-8(11,12)5-16-6-3-1-2-4-7(6)17-9(13,14)15/h1-4,16H,5H2. The van der Waals surface area contributed by atoms with Gasteiger partial charge in [-0.15, -0.1) is 13.2 Å². The fraction of sp³-hybridized carbons (Fsp3) is 0.333. The molecule has 0 aliphatic heterocycles. The Morgan fingerprint density at radius 3 is 2.12 bits per heavy atom. The lowest BCUT2D eigenvalue weighted by atomic mass is 10.3. The summed E-state index contributed by atoms with van der Waals surface area (Å²) in [7, 11) is 0. The highest BCUT2D eigenvalue weighted by atomic mass is 19.4. The summed E-state index contributed by atoms with van der Waals surface area (Å²) in [6, 6.07) is 4.50. The quantitative estimate of drug-likeness (QED) is 0.838. The number of hydrogen-bond acceptors (Lipinski definition) is 2. The van der Waals surface area contributed by atoms with Gasteiger partial charge in [0.15, 0.2) is 5.75 Å². The van der Waals surface area contributed by atoms with Crippen LogP contribution in [0.25, 0.3) is 0 Å². The molecule has 17 heavy (non-hydrogen) atoms. The topological polar surface area (TPSA) is 21.3 Å². The predicted octanol–water partition coefficient (Wildman–Crippen LogP) is 3.56. The van der Waals surface area contributed by atoms with E-state index in [1.54, 1.807) is 0 Å². The largest absolute Gasteiger partial charge is 0.573 e. The molecule has 0 unspecified atom stereocenters. The van der Waals surface area contributed by atoms with Gasteiger partial charge in [-0.25, -0.2) is 0 Å². The van der Waals surface area contributed by atoms with E-state index in [1.807, 2.05) is 5.32 Å². The molecule has 0 atom stereocenters. The maximum absolute atomic E-state index is 11.9. The second-order valence-electron chi connectivity index (χ2n) is 3.01. The van der Waals surface area contributed by atoms with Gasteiger partial charge in [-0.3, -0.25) is 0 Å². The lowest BCUT2D eigenvalue weighted by Gasteiger charge is -2.15. The number of para-hydroxylation sites is 2. The molecule has 0 saturated carbocycles. The minimum atomic E-state index is -4.95. The van der Waals surface area contributed by atoms with Crippen LogP contribution < -0.4 is 10.1 Å². The predicted molar refractivity (Wildman–Crippen MR) is 47.7 cm³/mol. The lowest BCUT2D eigenvalue weighted by molar-refractivity contribution is -0.274. The average molecular weight is 259 g/mol. The van der Waals surface area contributed by atoms with Crippen molar-refractivity contribution in [2.75, 3.05) is 11.9 Å². The van der Waals surface area contributed by atoms with Gasteiger partial charge in [0.05, 0.1) is 5.69 Å². The molecule has 0 aliphatic carbocycles. The second kappa shape index (κ2) is 4.72. The Labute approximate surface area is 92.2 Å². The van der Waals surface area contributed by atoms with Crippen LogP contribution >= 0.6 is 0 Å². The van der Waals surface area contributed by atoms with E-state index in [9.17, 15) is 26.3 Å². The van der Waals surface area contributed by atoms with Crippen molar-refractivity contribution >= 4 is 5.69 Å². The fourth-order valence-corrected chi connectivity index (χ4v) is 1.02. The molecule has 0 bridgehead atoms. The molecule has 1 rings (SSSR count). The normalized spacial score (nSPS) is 12.4. The Kier molecular flexibility index (Phi) is 3.74. The number of halogens is 6. The summed E-state index contributed by atoms with van der Waals surface area (Å²) in [6.45, 7) is -1.44. The van der Waals surface area contributed by atoms with Crippen LogP contribution in [-0.2, 0) is 0 Å². The zero-order valence-electron chi connectivity index (χ0n) is 8.19. The van der Waals surface area contributed by atoms with Crippen molar-refractivity contribution in [1.82, 2.24) is 0 Å². The number of nitrogens with one attached hydrogen (secondary N) is 1. The molecular formula is C9H7F6NO. The zero-order chi connectivity index (χ0) is 13.1. The third-order valence-corrected chi connectivity index (χ3v) is 1.59. The highest BCUT2D eigenvalue weighted by molar-refractivity contribution is 5.56. The molecule has 8 heteroatoms. The van der Waals surface area contributed by atoms with Crippen LogP contribution in [-0.4, -0.2) is 19.1 Å². The first-order chi connectivity index (χ1) is 7.67. The zero-order valence-corrected chi connectivity index (χ0v) is 8.19. The lowest BCUT2D eigenvalue weighted by Crippen LogP contribution is -2.23. The Morgan fingerprint density at radius 1 is 1.00 bits per heavy atom. The molecule has 96 valence electrons. The number of anilines is 1. The molecule has 0 amide bonds. The van der Waals surface area contributed by atoms with Crippen LogP contribution in [0.5, 0.6) is 5.75 Å². The molecule has 0 aliphatic rings. The fourth-order valence-electron chi connectivity index (χ4n) is 1.02. The van der Waals surface area contributed by atoms with Gasteiger partial charge >= 0.3 is 12.5 Å². The molecule has 1 aromatic carbocycles. The van der Waals surface area contributed by atoms with E-state index in [4.69, 9.17) is 0 Å². The third kappa shape index (κ3) is 5.32. The summed E-state index contributed by atoms with van der Waals surface area (Å²) < 4.78 is 75.0. The first-order valence-electron chi connectivity index (χ1n) is 4.33. The molecule has 0 radical (unpaired) electrons. The van der Waals surface area contributed by atoms with Gasteiger partial charge < -0.3 is 10.1 Å². The van der Waals surface area contributed by atoms with E-state index >= 15 is 0 Å². The van der Waals surface area contributed by atoms with Crippen molar-refractivity contribution in [2.45, 2.75) is 12.5 Å². The van der Waals surface area contributed by atoms with Gasteiger partial charge in [-0.05, 0) is 12.1 Å². The maximum atomic E-state index is 11.9. The van der Waals surface area contributed by atoms with E-state index in [0.717, 1.165) is 12.1 Å². The van der Waals surface area contributed by atoms with Gasteiger partial charge in [0.25, 0.3) is 0 Å². The van der Waals surface area contributed by atoms with Crippen molar-refractivity contribution in [3.05, 3.63) is 24.3 Å². The SMILES string of the molecule is FC(F)(F)CNc1ccccc1OC(F)(F)F. The van der Waals surface area contributed by atoms with Crippen molar-refractivity contribution in [1.29, 1.82) is 0 Å². The molecule has 1 N–H and O–H groups in total. The van der Waals surface area contributed by atoms with Crippen LogP contribution in [0.2, 0.25) is 0 Å². The van der Waals surface area contributed by atoms with Crippen LogP contribution in [0.1, 0.15) is 0 Å². The van der Waals surface area contributed by atoms with E-state index in [1.165, 1.54) is 12.1 Å². The number of ether oxygens (including phenoxy) is 1. The van der Waals surface area contributed by atoms with Crippen LogP contribution in [0.3, 0.4) is 0 Å². The highest BCUT2D eigenvalue weighted by Crippen LogP contribution is 2.30. The van der Waals surface area contributed by atoms with Gasteiger partial charge in [0.2, 0.25) is 0 Å². The molecule has 1 aromatic rings. The van der Waals surface area contributed by atoms with Crippen molar-refractivity contribution < 1.29 is 31.1 Å². The van der Waals surface area contributed by atoms with Crippen molar-refractivity contribution in [2.24, 2.45) is 0 Å². The number of hydrogen-bond donors (Lipinski definition) is 1. The van der Waals surface area contributed by atoms with Gasteiger partial charge in [-0.2, -0.15) is 13.2 Å². The van der Waals surface area contributed by atoms with Crippen LogP contribution in [0.15, 0.2) is 24.3 Å². The van der Waals surface area contributed by atoms with Crippen molar-refractivity contribution in [3.63, 3.8) is 0 Å². The number of alkyl halides is 6. The minimum Gasteiger partial charge on any atom is -0.404 e. The Hall–Kier alpha value is -1.60. The summed E-state index contributed by atoms with van der Waals surface area (Å²) in [4.78, 5) is 0. The van der Waals surface area contributed by atoms with Crippen LogP contribution in [0, 0.1) is 0 Å². The first kappa shape index (κ1) is 13.5. The molecule has 0 fully saturated rings. The van der Waals surface area contributed by atoms with E-state index in [-0.39, 0.29) is 5.69 Å². The summed E-state index contributed by atoms with van der Waals surface area (Å²) in [5, 5.41) is 1.83. The van der Waals surface area contributed by atoms with E-state index in [0.29, 0.717) is 0 Å². The Bertz CT molecular complexity index is 372. The monoisotopic (exact) mass is 259 g/mol. The van der Waals surface area contributed by atoms with Gasteiger partial charge in [0, 0.05) is 0 Å². The maximum Gasteiger partial charge on any atom is 0.573 e. The summed E-state index contributed by atoms with van der Waals surface area (Å²) in [6.07, 6.45) is -9.47. The van der Waals surface area contributed by atoms with Gasteiger partial charge in [0.1, 0.15) is 6.54 Å². The average Bonchev–Trinajstić information content (AvgIpc) is 2.12. The number of benzene rings is 1. The van der Waals surface area contributed by atoms with Crippen molar-refractivity contribution in [3.8, 4) is 5.75 Å². The summed E-state index contributed by atoms with van der Waals surface area (Å²) in [5.74, 6) is -0.704. The van der Waals surface area contributed by atoms with Crippen LogP contribution in [0.4, 0.5) is 32.0 Å². The Morgan fingerprint density at radius 2 is 1.59 bits per heavy atom. The molecule has 0 spiro atoms. The molecular weight excluding hydrogens is 252 g/mol. The molecule has 0 heterocycles. The van der Waals surface area contributed by atoms with E-state index in [2.05, 4.69) is 4.74 Å². The second-order valence-corrected chi connectivity index (χ2v) is 3.01.